The minimum Gasteiger partial charge on any atom is -0.352 e. The lowest BCUT2D eigenvalue weighted by Gasteiger charge is -2.28. The molecule has 0 atom stereocenters. The van der Waals surface area contributed by atoms with Gasteiger partial charge in [0.25, 0.3) is 5.91 Å². The summed E-state index contributed by atoms with van der Waals surface area (Å²) in [5, 5.41) is 2.93. The van der Waals surface area contributed by atoms with Crippen LogP contribution in [0.25, 0.3) is 0 Å². The van der Waals surface area contributed by atoms with Crippen LogP contribution in [0.5, 0.6) is 0 Å². The van der Waals surface area contributed by atoms with E-state index >= 15 is 0 Å². The fourth-order valence-electron chi connectivity index (χ4n) is 3.17. The summed E-state index contributed by atoms with van der Waals surface area (Å²) in [7, 11) is -1.43. The Morgan fingerprint density at radius 1 is 1.23 bits per heavy atom. The maximum absolute atomic E-state index is 12.5. The first-order valence-corrected chi connectivity index (χ1v) is 11.4. The van der Waals surface area contributed by atoms with Gasteiger partial charge in [-0.25, -0.2) is 13.1 Å². The first-order valence-electron chi connectivity index (χ1n) is 9.14. The number of carbonyl (C=O) groups excluding carboxylic acids is 1. The first-order chi connectivity index (χ1) is 12.3. The van der Waals surface area contributed by atoms with E-state index in [-0.39, 0.29) is 16.8 Å². The third-order valence-electron chi connectivity index (χ3n) is 5.07. The predicted octanol–water partition coefficient (Wildman–Crippen LogP) is 2.35. The van der Waals surface area contributed by atoms with Crippen LogP contribution in [0, 0.1) is 5.92 Å². The van der Waals surface area contributed by atoms with Gasteiger partial charge in [0, 0.05) is 17.1 Å². The number of sulfonamides is 1. The highest BCUT2D eigenvalue weighted by atomic mass is 79.9. The molecule has 2 N–H and O–H groups in total. The molecule has 8 heteroatoms. The molecule has 2 aliphatic rings. The number of nitrogens with one attached hydrogen (secondary N) is 2. The molecule has 1 aromatic rings. The van der Waals surface area contributed by atoms with Gasteiger partial charge in [-0.05, 0) is 92.3 Å². The number of rotatable bonds is 7. The van der Waals surface area contributed by atoms with Crippen LogP contribution in [0.15, 0.2) is 27.6 Å². The fourth-order valence-corrected chi connectivity index (χ4v) is 4.93. The van der Waals surface area contributed by atoms with E-state index in [0.717, 1.165) is 45.2 Å². The number of likely N-dealkylation sites (tertiary alicyclic amines) is 1. The van der Waals surface area contributed by atoms with E-state index in [4.69, 9.17) is 0 Å². The second-order valence-electron chi connectivity index (χ2n) is 7.33. The fraction of sp³-hybridized carbons (Fsp3) is 0.611. The Morgan fingerprint density at radius 2 is 1.92 bits per heavy atom. The van der Waals surface area contributed by atoms with Crippen molar-refractivity contribution in [1.29, 1.82) is 0 Å². The molecule has 1 aliphatic carbocycles. The SMILES string of the molecule is CN1CCC(CCNC(=O)c2cc(S(=O)(=O)NC3CC3)ccc2Br)CC1. The van der Waals surface area contributed by atoms with Crippen molar-refractivity contribution >= 4 is 31.9 Å². The van der Waals surface area contributed by atoms with Crippen molar-refractivity contribution in [2.75, 3.05) is 26.7 Å². The van der Waals surface area contributed by atoms with E-state index in [1.54, 1.807) is 6.07 Å². The molecule has 26 heavy (non-hydrogen) atoms. The zero-order valence-corrected chi connectivity index (χ0v) is 17.4. The van der Waals surface area contributed by atoms with Crippen molar-refractivity contribution in [3.05, 3.63) is 28.2 Å². The monoisotopic (exact) mass is 443 g/mol. The highest BCUT2D eigenvalue weighted by molar-refractivity contribution is 9.10. The van der Waals surface area contributed by atoms with Gasteiger partial charge in [-0.1, -0.05) is 0 Å². The molecule has 0 radical (unpaired) electrons. The minimum atomic E-state index is -3.57. The van der Waals surface area contributed by atoms with Crippen molar-refractivity contribution in [3.63, 3.8) is 0 Å². The normalized spacial score (nSPS) is 19.5. The maximum atomic E-state index is 12.5. The van der Waals surface area contributed by atoms with Gasteiger partial charge in [-0.15, -0.1) is 0 Å². The smallest absolute Gasteiger partial charge is 0.252 e. The van der Waals surface area contributed by atoms with Crippen molar-refractivity contribution in [1.82, 2.24) is 14.9 Å². The highest BCUT2D eigenvalue weighted by Crippen LogP contribution is 2.25. The van der Waals surface area contributed by atoms with E-state index in [0.29, 0.717) is 22.5 Å². The number of amides is 1. The molecule has 1 heterocycles. The average Bonchev–Trinajstić information content (AvgIpc) is 3.40. The van der Waals surface area contributed by atoms with Crippen molar-refractivity contribution in [2.24, 2.45) is 5.92 Å². The molecule has 1 aromatic carbocycles. The number of halogens is 1. The van der Waals surface area contributed by atoms with Crippen LogP contribution in [0.2, 0.25) is 0 Å². The van der Waals surface area contributed by atoms with Crippen LogP contribution in [0.3, 0.4) is 0 Å². The molecule has 6 nitrogen and oxygen atoms in total. The molecule has 0 bridgehead atoms. The molecule has 1 saturated heterocycles. The lowest BCUT2D eigenvalue weighted by Crippen LogP contribution is -2.33. The lowest BCUT2D eigenvalue weighted by molar-refractivity contribution is 0.0948. The largest absolute Gasteiger partial charge is 0.352 e. The molecule has 0 spiro atoms. The van der Waals surface area contributed by atoms with Gasteiger partial charge in [0.05, 0.1) is 10.5 Å². The molecule has 2 fully saturated rings. The Morgan fingerprint density at radius 3 is 2.58 bits per heavy atom. The quantitative estimate of drug-likeness (QED) is 0.677. The summed E-state index contributed by atoms with van der Waals surface area (Å²) in [5.74, 6) is 0.401. The molecule has 144 valence electrons. The molecule has 0 aromatic heterocycles. The number of benzene rings is 1. The summed E-state index contributed by atoms with van der Waals surface area (Å²) in [6.07, 6.45) is 5.03. The predicted molar refractivity (Wildman–Crippen MR) is 105 cm³/mol. The van der Waals surface area contributed by atoms with E-state index in [2.05, 4.69) is 37.9 Å². The number of carbonyl (C=O) groups is 1. The Labute approximate surface area is 163 Å². The van der Waals surface area contributed by atoms with E-state index < -0.39 is 10.0 Å². The number of nitrogens with zero attached hydrogens (tertiary/aromatic N) is 1. The van der Waals surface area contributed by atoms with Crippen LogP contribution in [0.4, 0.5) is 0 Å². The van der Waals surface area contributed by atoms with Crippen LogP contribution >= 0.6 is 15.9 Å². The summed E-state index contributed by atoms with van der Waals surface area (Å²) in [4.78, 5) is 15.0. The molecular formula is C18H26BrN3O3S. The second kappa shape index (κ2) is 8.37. The Bertz CT molecular complexity index is 757. The topological polar surface area (TPSA) is 78.5 Å². The van der Waals surface area contributed by atoms with E-state index in [9.17, 15) is 13.2 Å². The lowest BCUT2D eigenvalue weighted by atomic mass is 9.94. The molecule has 3 rings (SSSR count). The zero-order valence-electron chi connectivity index (χ0n) is 15.0. The van der Waals surface area contributed by atoms with Crippen LogP contribution in [0.1, 0.15) is 42.5 Å². The second-order valence-corrected chi connectivity index (χ2v) is 9.90. The Balaban J connectivity index is 1.58. The molecule has 0 unspecified atom stereocenters. The van der Waals surface area contributed by atoms with Gasteiger partial charge in [0.2, 0.25) is 10.0 Å². The van der Waals surface area contributed by atoms with Gasteiger partial charge in [-0.2, -0.15) is 0 Å². The average molecular weight is 444 g/mol. The number of hydrogen-bond acceptors (Lipinski definition) is 4. The van der Waals surface area contributed by atoms with Gasteiger partial charge >= 0.3 is 0 Å². The summed E-state index contributed by atoms with van der Waals surface area (Å²) >= 11 is 3.35. The van der Waals surface area contributed by atoms with Crippen molar-refractivity contribution in [3.8, 4) is 0 Å². The van der Waals surface area contributed by atoms with Gasteiger partial charge < -0.3 is 10.2 Å². The first kappa shape index (κ1) is 19.8. The third kappa shape index (κ3) is 5.28. The minimum absolute atomic E-state index is 0.0375. The van der Waals surface area contributed by atoms with Crippen LogP contribution < -0.4 is 10.0 Å². The maximum Gasteiger partial charge on any atom is 0.252 e. The number of hydrogen-bond donors (Lipinski definition) is 2. The molecular weight excluding hydrogens is 418 g/mol. The van der Waals surface area contributed by atoms with Crippen molar-refractivity contribution < 1.29 is 13.2 Å². The van der Waals surface area contributed by atoms with E-state index in [1.807, 2.05) is 0 Å². The summed E-state index contributed by atoms with van der Waals surface area (Å²) in [6.45, 7) is 2.83. The Hall–Kier alpha value is -0.960. The van der Waals surface area contributed by atoms with Crippen LogP contribution in [-0.4, -0.2) is 51.9 Å². The van der Waals surface area contributed by atoms with Gasteiger partial charge in [-0.3, -0.25) is 4.79 Å². The number of piperidine rings is 1. The zero-order chi connectivity index (χ0) is 18.7. The molecule has 1 aliphatic heterocycles. The van der Waals surface area contributed by atoms with Gasteiger partial charge in [0.1, 0.15) is 0 Å². The third-order valence-corrected chi connectivity index (χ3v) is 7.28. The summed E-state index contributed by atoms with van der Waals surface area (Å²) < 4.78 is 27.9. The summed E-state index contributed by atoms with van der Waals surface area (Å²) in [6, 6.07) is 4.62. The molecule has 1 amide bonds. The van der Waals surface area contributed by atoms with Crippen molar-refractivity contribution in [2.45, 2.75) is 43.0 Å². The summed E-state index contributed by atoms with van der Waals surface area (Å²) in [5.41, 5.74) is 0.354. The molecule has 1 saturated carbocycles. The highest BCUT2D eigenvalue weighted by Gasteiger charge is 2.28. The Kier molecular flexibility index (Phi) is 6.37. The standard InChI is InChI=1S/C18H26BrN3O3S/c1-22-10-7-13(8-11-22)6-9-20-18(23)16-12-15(4-5-17(16)19)26(24,25)21-14-2-3-14/h4-5,12-14,21H,2-3,6-11H2,1H3,(H,20,23). The van der Waals surface area contributed by atoms with Crippen LogP contribution in [-0.2, 0) is 10.0 Å². The van der Waals surface area contributed by atoms with Gasteiger partial charge in [0.15, 0.2) is 0 Å². The van der Waals surface area contributed by atoms with E-state index in [1.165, 1.54) is 12.1 Å².